The van der Waals surface area contributed by atoms with Crippen LogP contribution in [0.5, 0.6) is 0 Å². The van der Waals surface area contributed by atoms with Crippen LogP contribution in [0.25, 0.3) is 0 Å². The van der Waals surface area contributed by atoms with Gasteiger partial charge >= 0.3 is 7.60 Å². The molecule has 0 saturated carbocycles. The predicted molar refractivity (Wildman–Crippen MR) is 69.8 cm³/mol. The molecular formula is C11H16BrO4P. The second-order valence-electron chi connectivity index (χ2n) is 3.83. The first-order chi connectivity index (χ1) is 7.78. The molecule has 0 spiro atoms. The summed E-state index contributed by atoms with van der Waals surface area (Å²) in [7, 11) is -4.63. The van der Waals surface area contributed by atoms with Crippen LogP contribution >= 0.6 is 23.5 Å². The molecule has 0 aliphatic heterocycles. The van der Waals surface area contributed by atoms with Crippen molar-refractivity contribution in [1.29, 1.82) is 0 Å². The Kier molecular flexibility index (Phi) is 4.55. The van der Waals surface area contributed by atoms with E-state index in [4.69, 9.17) is 0 Å². The van der Waals surface area contributed by atoms with Gasteiger partial charge in [0.15, 0.2) is 5.34 Å². The average Bonchev–Trinajstić information content (AvgIpc) is 2.26. The fourth-order valence-electron chi connectivity index (χ4n) is 1.85. The average molecular weight is 323 g/mol. The summed E-state index contributed by atoms with van der Waals surface area (Å²) in [5, 5.41) is 8.17. The largest absolute Gasteiger partial charge is 0.373 e. The molecule has 1 aromatic carbocycles. The molecule has 0 radical (unpaired) electrons. The number of rotatable bonds is 4. The van der Waals surface area contributed by atoms with E-state index < -0.39 is 12.9 Å². The molecule has 0 bridgehead atoms. The highest BCUT2D eigenvalue weighted by atomic mass is 79.9. The molecule has 0 fully saturated rings. The summed E-state index contributed by atoms with van der Waals surface area (Å²) in [5.41, 5.74) is 1.02. The molecule has 1 unspecified atom stereocenters. The van der Waals surface area contributed by atoms with Crippen LogP contribution in [0.15, 0.2) is 22.7 Å². The number of hydrogen-bond donors (Lipinski definition) is 3. The molecule has 0 aromatic heterocycles. The predicted octanol–water partition coefficient (Wildman–Crippen LogP) is 2.74. The number of aliphatic hydroxyl groups is 1. The zero-order valence-electron chi connectivity index (χ0n) is 9.72. The zero-order valence-corrected chi connectivity index (χ0v) is 12.2. The fraction of sp³-hybridized carbons (Fsp3) is 0.455. The summed E-state index contributed by atoms with van der Waals surface area (Å²) in [6.45, 7) is 3.43. The van der Waals surface area contributed by atoms with E-state index in [2.05, 4.69) is 15.9 Å². The van der Waals surface area contributed by atoms with Crippen LogP contribution in [0, 0.1) is 0 Å². The number of hydrogen-bond acceptors (Lipinski definition) is 2. The Hall–Kier alpha value is -0.190. The maximum absolute atomic E-state index is 11.5. The quantitative estimate of drug-likeness (QED) is 0.745. The maximum atomic E-state index is 11.5. The minimum Gasteiger partial charge on any atom is -0.373 e. The molecule has 0 heterocycles. The molecular weight excluding hydrogens is 307 g/mol. The second kappa shape index (κ2) is 5.21. The Morgan fingerprint density at radius 1 is 1.35 bits per heavy atom. The fourth-order valence-corrected chi connectivity index (χ4v) is 3.43. The van der Waals surface area contributed by atoms with E-state index in [0.717, 1.165) is 10.0 Å². The van der Waals surface area contributed by atoms with Gasteiger partial charge < -0.3 is 14.9 Å². The topological polar surface area (TPSA) is 77.8 Å². The minimum atomic E-state index is -4.63. The van der Waals surface area contributed by atoms with E-state index in [1.54, 1.807) is 25.1 Å². The third-order valence-corrected chi connectivity index (χ3v) is 5.14. The van der Waals surface area contributed by atoms with Crippen LogP contribution in [-0.2, 0) is 16.3 Å². The lowest BCUT2D eigenvalue weighted by Gasteiger charge is -2.30. The SMILES string of the molecule is CCc1c(Br)cccc1C(O)(CC)P(=O)(O)O. The molecule has 6 heteroatoms. The van der Waals surface area contributed by atoms with Gasteiger partial charge in [0, 0.05) is 4.47 Å². The Morgan fingerprint density at radius 2 is 1.94 bits per heavy atom. The highest BCUT2D eigenvalue weighted by Crippen LogP contribution is 2.58. The lowest BCUT2D eigenvalue weighted by Crippen LogP contribution is -2.26. The first-order valence-electron chi connectivity index (χ1n) is 5.33. The van der Waals surface area contributed by atoms with E-state index in [1.807, 2.05) is 6.92 Å². The Bertz CT molecular complexity index is 457. The van der Waals surface area contributed by atoms with Gasteiger partial charge in [-0.05, 0) is 30.0 Å². The molecule has 0 amide bonds. The van der Waals surface area contributed by atoms with Crippen molar-refractivity contribution in [3.63, 3.8) is 0 Å². The molecule has 1 rings (SSSR count). The summed E-state index contributed by atoms with van der Waals surface area (Å²) in [6, 6.07) is 5.01. The summed E-state index contributed by atoms with van der Waals surface area (Å²) in [5.74, 6) is 0. The number of benzene rings is 1. The summed E-state index contributed by atoms with van der Waals surface area (Å²) < 4.78 is 12.2. The lowest BCUT2D eigenvalue weighted by molar-refractivity contribution is 0.0847. The van der Waals surface area contributed by atoms with Gasteiger partial charge in [-0.2, -0.15) is 0 Å². The van der Waals surface area contributed by atoms with Crippen molar-refractivity contribution in [2.45, 2.75) is 32.0 Å². The third-order valence-electron chi connectivity index (χ3n) is 2.88. The van der Waals surface area contributed by atoms with Crippen LogP contribution in [0.3, 0.4) is 0 Å². The molecule has 0 aliphatic carbocycles. The van der Waals surface area contributed by atoms with E-state index in [-0.39, 0.29) is 6.42 Å². The monoisotopic (exact) mass is 322 g/mol. The lowest BCUT2D eigenvalue weighted by atomic mass is 9.98. The van der Waals surface area contributed by atoms with Crippen molar-refractivity contribution < 1.29 is 19.5 Å². The van der Waals surface area contributed by atoms with Crippen molar-refractivity contribution in [3.8, 4) is 0 Å². The van der Waals surface area contributed by atoms with Crippen LogP contribution in [0.2, 0.25) is 0 Å². The van der Waals surface area contributed by atoms with Gasteiger partial charge in [0.25, 0.3) is 0 Å². The van der Waals surface area contributed by atoms with Gasteiger partial charge in [-0.25, -0.2) is 0 Å². The molecule has 0 aliphatic rings. The minimum absolute atomic E-state index is 0.0409. The normalized spacial score (nSPS) is 15.6. The zero-order chi connectivity index (χ0) is 13.3. The smallest absolute Gasteiger partial charge is 0.361 e. The summed E-state index contributed by atoms with van der Waals surface area (Å²) in [6.07, 6.45) is 0.541. The Balaban J connectivity index is 3.51. The van der Waals surface area contributed by atoms with E-state index in [0.29, 0.717) is 12.0 Å². The first kappa shape index (κ1) is 14.9. The number of halogens is 1. The first-order valence-corrected chi connectivity index (χ1v) is 7.74. The van der Waals surface area contributed by atoms with Crippen LogP contribution in [0.1, 0.15) is 31.4 Å². The Labute approximate surface area is 109 Å². The van der Waals surface area contributed by atoms with Gasteiger partial charge in [0.1, 0.15) is 0 Å². The van der Waals surface area contributed by atoms with E-state index in [1.165, 1.54) is 0 Å². The molecule has 3 N–H and O–H groups in total. The van der Waals surface area contributed by atoms with Gasteiger partial charge in [0.2, 0.25) is 0 Å². The maximum Gasteiger partial charge on any atom is 0.361 e. The molecule has 1 aromatic rings. The van der Waals surface area contributed by atoms with Gasteiger partial charge in [0.05, 0.1) is 0 Å². The molecule has 0 saturated heterocycles. The van der Waals surface area contributed by atoms with E-state index in [9.17, 15) is 19.5 Å². The van der Waals surface area contributed by atoms with Crippen molar-refractivity contribution >= 4 is 23.5 Å². The highest BCUT2D eigenvalue weighted by Gasteiger charge is 2.46. The van der Waals surface area contributed by atoms with Crippen LogP contribution in [0.4, 0.5) is 0 Å². The Morgan fingerprint density at radius 3 is 2.35 bits per heavy atom. The van der Waals surface area contributed by atoms with Crippen molar-refractivity contribution in [3.05, 3.63) is 33.8 Å². The van der Waals surface area contributed by atoms with Gasteiger partial charge in [-0.3, -0.25) is 4.57 Å². The molecule has 4 nitrogen and oxygen atoms in total. The molecule has 17 heavy (non-hydrogen) atoms. The summed E-state index contributed by atoms with van der Waals surface area (Å²) >= 11 is 3.33. The third kappa shape index (κ3) is 2.64. The van der Waals surface area contributed by atoms with Crippen LogP contribution in [-0.4, -0.2) is 14.9 Å². The van der Waals surface area contributed by atoms with Gasteiger partial charge in [-0.15, -0.1) is 0 Å². The van der Waals surface area contributed by atoms with Crippen LogP contribution < -0.4 is 0 Å². The summed E-state index contributed by atoms with van der Waals surface area (Å²) in [4.78, 5) is 18.7. The highest BCUT2D eigenvalue weighted by molar-refractivity contribution is 9.10. The van der Waals surface area contributed by atoms with Gasteiger partial charge in [-0.1, -0.05) is 41.9 Å². The van der Waals surface area contributed by atoms with Crippen molar-refractivity contribution in [1.82, 2.24) is 0 Å². The standard InChI is InChI=1S/C11H16BrO4P/c1-3-8-9(6-5-7-10(8)12)11(13,4-2)17(14,15)16/h5-7,13H,3-4H2,1-2H3,(H2,14,15,16). The van der Waals surface area contributed by atoms with E-state index >= 15 is 0 Å². The molecule has 96 valence electrons. The van der Waals surface area contributed by atoms with Crippen molar-refractivity contribution in [2.75, 3.05) is 0 Å². The molecule has 1 atom stereocenters. The second-order valence-corrected chi connectivity index (χ2v) is 6.52. The van der Waals surface area contributed by atoms with Crippen molar-refractivity contribution in [2.24, 2.45) is 0 Å².